The van der Waals surface area contributed by atoms with Crippen molar-refractivity contribution in [2.45, 2.75) is 13.1 Å². The standard InChI is InChI=1S/C11H10F3N3/c1-8-4-5-9(3-2-6-16-17-15)7-10(8)11(12,13)14/h2-5,7H,6H2,1H3. The smallest absolute Gasteiger partial charge is 0.166 e. The fourth-order valence-electron chi connectivity index (χ4n) is 1.32. The molecule has 0 fully saturated rings. The van der Waals surface area contributed by atoms with E-state index in [0.717, 1.165) is 6.07 Å². The van der Waals surface area contributed by atoms with Gasteiger partial charge < -0.3 is 0 Å². The van der Waals surface area contributed by atoms with Crippen molar-refractivity contribution in [3.63, 3.8) is 0 Å². The lowest BCUT2D eigenvalue weighted by molar-refractivity contribution is -0.138. The Bertz CT molecular complexity index is 471. The molecule has 1 aromatic carbocycles. The van der Waals surface area contributed by atoms with E-state index < -0.39 is 11.7 Å². The zero-order valence-corrected chi connectivity index (χ0v) is 9.07. The van der Waals surface area contributed by atoms with Gasteiger partial charge in [0.1, 0.15) is 0 Å². The van der Waals surface area contributed by atoms with Crippen molar-refractivity contribution >= 4 is 6.08 Å². The number of aryl methyl sites for hydroxylation is 1. The molecular formula is C11H10F3N3. The van der Waals surface area contributed by atoms with Gasteiger partial charge in [-0.05, 0) is 29.6 Å². The van der Waals surface area contributed by atoms with E-state index in [1.165, 1.54) is 25.1 Å². The van der Waals surface area contributed by atoms with E-state index in [1.54, 1.807) is 6.07 Å². The van der Waals surface area contributed by atoms with Crippen LogP contribution in [-0.4, -0.2) is 6.54 Å². The van der Waals surface area contributed by atoms with Crippen LogP contribution in [0.4, 0.5) is 13.2 Å². The van der Waals surface area contributed by atoms with Crippen LogP contribution in [0.5, 0.6) is 0 Å². The predicted molar refractivity (Wildman–Crippen MR) is 59.2 cm³/mol. The van der Waals surface area contributed by atoms with E-state index in [1.807, 2.05) is 0 Å². The van der Waals surface area contributed by atoms with Gasteiger partial charge in [-0.25, -0.2) is 0 Å². The summed E-state index contributed by atoms with van der Waals surface area (Å²) in [7, 11) is 0. The molecular weight excluding hydrogens is 231 g/mol. The van der Waals surface area contributed by atoms with Gasteiger partial charge in [-0.1, -0.05) is 29.4 Å². The molecule has 0 aliphatic rings. The summed E-state index contributed by atoms with van der Waals surface area (Å²) in [6, 6.07) is 4.06. The molecule has 6 heteroatoms. The highest BCUT2D eigenvalue weighted by Gasteiger charge is 2.32. The highest BCUT2D eigenvalue weighted by Crippen LogP contribution is 2.32. The third kappa shape index (κ3) is 3.85. The predicted octanol–water partition coefficient (Wildman–Crippen LogP) is 4.34. The molecule has 0 aliphatic carbocycles. The summed E-state index contributed by atoms with van der Waals surface area (Å²) >= 11 is 0. The average Bonchev–Trinajstić information content (AvgIpc) is 2.25. The normalized spacial score (nSPS) is 11.5. The van der Waals surface area contributed by atoms with E-state index in [-0.39, 0.29) is 12.1 Å². The van der Waals surface area contributed by atoms with Gasteiger partial charge in [-0.2, -0.15) is 13.2 Å². The minimum Gasteiger partial charge on any atom is -0.166 e. The summed E-state index contributed by atoms with van der Waals surface area (Å²) in [5.41, 5.74) is 7.99. The van der Waals surface area contributed by atoms with Gasteiger partial charge in [-0.15, -0.1) is 0 Å². The lowest BCUT2D eigenvalue weighted by atomic mass is 10.0. The Kier molecular flexibility index (Phi) is 4.17. The molecule has 0 aromatic heterocycles. The maximum absolute atomic E-state index is 12.6. The zero-order valence-electron chi connectivity index (χ0n) is 9.07. The highest BCUT2D eigenvalue weighted by molar-refractivity contribution is 5.52. The monoisotopic (exact) mass is 241 g/mol. The molecule has 0 saturated carbocycles. The summed E-state index contributed by atoms with van der Waals surface area (Å²) in [5.74, 6) is 0. The fourth-order valence-corrected chi connectivity index (χ4v) is 1.32. The molecule has 0 heterocycles. The number of benzene rings is 1. The van der Waals surface area contributed by atoms with Crippen LogP contribution in [-0.2, 0) is 6.18 Å². The summed E-state index contributed by atoms with van der Waals surface area (Å²) in [5, 5.41) is 3.25. The van der Waals surface area contributed by atoms with Crippen molar-refractivity contribution in [2.75, 3.05) is 6.54 Å². The van der Waals surface area contributed by atoms with Gasteiger partial charge in [0.25, 0.3) is 0 Å². The van der Waals surface area contributed by atoms with Crippen LogP contribution in [0.15, 0.2) is 29.4 Å². The minimum atomic E-state index is -4.35. The topological polar surface area (TPSA) is 48.8 Å². The molecule has 0 N–H and O–H groups in total. The molecule has 0 spiro atoms. The summed E-state index contributed by atoms with van der Waals surface area (Å²) in [6.45, 7) is 1.53. The van der Waals surface area contributed by atoms with Gasteiger partial charge in [0.15, 0.2) is 0 Å². The number of hydrogen-bond donors (Lipinski definition) is 0. The van der Waals surface area contributed by atoms with E-state index in [9.17, 15) is 13.2 Å². The van der Waals surface area contributed by atoms with E-state index in [2.05, 4.69) is 10.0 Å². The lowest BCUT2D eigenvalue weighted by Gasteiger charge is -2.10. The number of halogens is 3. The molecule has 0 amide bonds. The van der Waals surface area contributed by atoms with Crippen LogP contribution >= 0.6 is 0 Å². The van der Waals surface area contributed by atoms with Crippen molar-refractivity contribution in [1.29, 1.82) is 0 Å². The molecule has 0 aliphatic heterocycles. The first-order valence-corrected chi connectivity index (χ1v) is 4.80. The summed E-state index contributed by atoms with van der Waals surface area (Å²) < 4.78 is 37.7. The summed E-state index contributed by atoms with van der Waals surface area (Å²) in [6.07, 6.45) is -1.35. The van der Waals surface area contributed by atoms with Crippen LogP contribution < -0.4 is 0 Å². The van der Waals surface area contributed by atoms with Crippen molar-refractivity contribution in [3.8, 4) is 0 Å². The van der Waals surface area contributed by atoms with E-state index >= 15 is 0 Å². The molecule has 1 aromatic rings. The Hall–Kier alpha value is -1.94. The lowest BCUT2D eigenvalue weighted by Crippen LogP contribution is -2.07. The number of alkyl halides is 3. The van der Waals surface area contributed by atoms with Crippen molar-refractivity contribution in [1.82, 2.24) is 0 Å². The van der Waals surface area contributed by atoms with E-state index in [4.69, 9.17) is 5.53 Å². The van der Waals surface area contributed by atoms with Crippen molar-refractivity contribution in [3.05, 3.63) is 51.4 Å². The fraction of sp³-hybridized carbons (Fsp3) is 0.273. The van der Waals surface area contributed by atoms with Crippen LogP contribution in [0, 0.1) is 6.92 Å². The maximum atomic E-state index is 12.6. The molecule has 0 bridgehead atoms. The minimum absolute atomic E-state index is 0.117. The average molecular weight is 241 g/mol. The molecule has 1 rings (SSSR count). The number of rotatable bonds is 3. The van der Waals surface area contributed by atoms with Gasteiger partial charge in [0.05, 0.1) is 5.56 Å². The van der Waals surface area contributed by atoms with Crippen molar-refractivity contribution < 1.29 is 13.2 Å². The number of azide groups is 1. The molecule has 0 saturated heterocycles. The van der Waals surface area contributed by atoms with Gasteiger partial charge in [0.2, 0.25) is 0 Å². The molecule has 3 nitrogen and oxygen atoms in total. The highest BCUT2D eigenvalue weighted by atomic mass is 19.4. The Labute approximate surface area is 96.2 Å². The Morgan fingerprint density at radius 3 is 2.71 bits per heavy atom. The van der Waals surface area contributed by atoms with Crippen LogP contribution in [0.1, 0.15) is 16.7 Å². The van der Waals surface area contributed by atoms with Crippen molar-refractivity contribution in [2.24, 2.45) is 5.11 Å². The SMILES string of the molecule is Cc1ccc(C=CCN=[N+]=[N-])cc1C(F)(F)F. The number of nitrogens with zero attached hydrogens (tertiary/aromatic N) is 3. The van der Waals surface area contributed by atoms with Gasteiger partial charge in [0, 0.05) is 11.5 Å². The first-order valence-electron chi connectivity index (χ1n) is 4.80. The molecule has 0 radical (unpaired) electrons. The zero-order chi connectivity index (χ0) is 12.9. The van der Waals surface area contributed by atoms with Crippen LogP contribution in [0.2, 0.25) is 0 Å². The van der Waals surface area contributed by atoms with Crippen LogP contribution in [0.3, 0.4) is 0 Å². The second-order valence-electron chi connectivity index (χ2n) is 3.39. The van der Waals surface area contributed by atoms with Gasteiger partial charge in [-0.3, -0.25) is 0 Å². The Morgan fingerprint density at radius 1 is 1.41 bits per heavy atom. The third-order valence-electron chi connectivity index (χ3n) is 2.13. The second-order valence-corrected chi connectivity index (χ2v) is 3.39. The quantitative estimate of drug-likeness (QED) is 0.429. The Balaban J connectivity index is 2.97. The first-order chi connectivity index (χ1) is 7.95. The molecule has 17 heavy (non-hydrogen) atoms. The van der Waals surface area contributed by atoms with Crippen LogP contribution in [0.25, 0.3) is 16.5 Å². The second kappa shape index (κ2) is 5.41. The van der Waals surface area contributed by atoms with E-state index in [0.29, 0.717) is 5.56 Å². The number of hydrogen-bond acceptors (Lipinski definition) is 1. The molecule has 90 valence electrons. The summed E-state index contributed by atoms with van der Waals surface area (Å²) in [4.78, 5) is 2.53. The maximum Gasteiger partial charge on any atom is 0.416 e. The third-order valence-corrected chi connectivity index (χ3v) is 2.13. The first kappa shape index (κ1) is 13.1. The Morgan fingerprint density at radius 2 is 2.12 bits per heavy atom. The van der Waals surface area contributed by atoms with Gasteiger partial charge >= 0.3 is 6.18 Å². The molecule has 0 atom stereocenters. The molecule has 0 unspecified atom stereocenters. The largest absolute Gasteiger partial charge is 0.416 e.